The molecule has 0 saturated carbocycles. The van der Waals surface area contributed by atoms with E-state index < -0.39 is 12.6 Å². The third-order valence-electron chi connectivity index (χ3n) is 0.114. The summed E-state index contributed by atoms with van der Waals surface area (Å²) in [5.41, 5.74) is 0. The molecular weight excluding hydrogens is 242 g/mol. The molecule has 2 nitrogen and oxygen atoms in total. The topological polar surface area (TPSA) is 37.3 Å². The number of alkyl halides is 1. The summed E-state index contributed by atoms with van der Waals surface area (Å²) in [6, 6.07) is 0. The summed E-state index contributed by atoms with van der Waals surface area (Å²) >= 11 is 0. The standard InChI is InChI=1S/C2H3FO2.Er/c3-1-2(4)5;/h1H2,(H,4,5);. The van der Waals surface area contributed by atoms with Crippen molar-refractivity contribution in [2.45, 2.75) is 0 Å². The summed E-state index contributed by atoms with van der Waals surface area (Å²) in [6.45, 7) is -1.28. The minimum Gasteiger partial charge on any atom is -0.479 e. The molecule has 42 valence electrons. The van der Waals surface area contributed by atoms with E-state index in [1.807, 2.05) is 0 Å². The van der Waals surface area contributed by atoms with Crippen molar-refractivity contribution >= 4 is 5.97 Å². The smallest absolute Gasteiger partial charge is 0.335 e. The Morgan fingerprint density at radius 3 is 2.00 bits per heavy atom. The minimum atomic E-state index is -1.41. The Hall–Kier alpha value is 0.647. The van der Waals surface area contributed by atoms with Crippen LogP contribution in [0.5, 0.6) is 0 Å². The quantitative estimate of drug-likeness (QED) is 0.708. The van der Waals surface area contributed by atoms with Gasteiger partial charge in [-0.15, -0.1) is 0 Å². The van der Waals surface area contributed by atoms with Crippen molar-refractivity contribution in [2.75, 3.05) is 6.67 Å². The van der Waals surface area contributed by atoms with Gasteiger partial charge in [0.15, 0.2) is 6.67 Å². The number of rotatable bonds is 1. The van der Waals surface area contributed by atoms with Gasteiger partial charge in [-0.2, -0.15) is 0 Å². The van der Waals surface area contributed by atoms with E-state index in [0.717, 1.165) is 0 Å². The van der Waals surface area contributed by atoms with Crippen molar-refractivity contribution in [2.24, 2.45) is 0 Å². The summed E-state index contributed by atoms with van der Waals surface area (Å²) in [6.07, 6.45) is 0. The fourth-order valence-corrected chi connectivity index (χ4v) is 0. The maximum Gasteiger partial charge on any atom is 0.335 e. The number of halogens is 1. The Balaban J connectivity index is 0. The molecule has 6 heavy (non-hydrogen) atoms. The molecule has 0 amide bonds. The van der Waals surface area contributed by atoms with E-state index in [4.69, 9.17) is 9.90 Å². The van der Waals surface area contributed by atoms with Crippen LogP contribution < -0.4 is 0 Å². The second kappa shape index (κ2) is 5.65. The molecule has 1 N–H and O–H groups in total. The van der Waals surface area contributed by atoms with Crippen molar-refractivity contribution in [1.29, 1.82) is 0 Å². The second-order valence-corrected chi connectivity index (χ2v) is 0.527. The van der Waals surface area contributed by atoms with Gasteiger partial charge in [0.1, 0.15) is 0 Å². The van der Waals surface area contributed by atoms with Crippen LogP contribution in [-0.2, 0) is 4.79 Å². The molecule has 0 fully saturated rings. The monoisotopic (exact) mass is 244 g/mol. The number of carbonyl (C=O) groups is 1. The van der Waals surface area contributed by atoms with Gasteiger partial charge in [-0.1, -0.05) is 0 Å². The van der Waals surface area contributed by atoms with Gasteiger partial charge in [0, 0.05) is 37.3 Å². The van der Waals surface area contributed by atoms with Crippen molar-refractivity contribution in [3.8, 4) is 0 Å². The van der Waals surface area contributed by atoms with Crippen molar-refractivity contribution in [3.63, 3.8) is 0 Å². The predicted octanol–water partition coefficient (Wildman–Crippen LogP) is 0.0405. The van der Waals surface area contributed by atoms with Crippen LogP contribution >= 0.6 is 0 Å². The van der Waals surface area contributed by atoms with Gasteiger partial charge in [-0.05, 0) is 0 Å². The van der Waals surface area contributed by atoms with Crippen LogP contribution in [-0.4, -0.2) is 17.8 Å². The van der Waals surface area contributed by atoms with E-state index >= 15 is 0 Å². The van der Waals surface area contributed by atoms with Crippen LogP contribution in [0.15, 0.2) is 0 Å². The average Bonchev–Trinajstić information content (AvgIpc) is 1.38. The zero-order valence-corrected chi connectivity index (χ0v) is 4.58. The van der Waals surface area contributed by atoms with E-state index in [9.17, 15) is 4.39 Å². The van der Waals surface area contributed by atoms with Gasteiger partial charge in [-0.25, -0.2) is 9.18 Å². The molecule has 0 aliphatic heterocycles. The van der Waals surface area contributed by atoms with E-state index in [1.165, 1.54) is 0 Å². The molecule has 0 spiro atoms. The number of carboxylic acid groups (broad SMARTS) is 1. The van der Waals surface area contributed by atoms with Gasteiger partial charge >= 0.3 is 5.97 Å². The van der Waals surface area contributed by atoms with Crippen LogP contribution in [0.25, 0.3) is 0 Å². The zero-order chi connectivity index (χ0) is 4.28. The van der Waals surface area contributed by atoms with E-state index in [-0.39, 0.29) is 37.3 Å². The van der Waals surface area contributed by atoms with Crippen molar-refractivity contribution in [3.05, 3.63) is 0 Å². The first-order valence-corrected chi connectivity index (χ1v) is 1.05. The van der Waals surface area contributed by atoms with Crippen LogP contribution in [0.3, 0.4) is 0 Å². The molecule has 0 aromatic heterocycles. The van der Waals surface area contributed by atoms with Gasteiger partial charge in [0.05, 0.1) is 0 Å². The van der Waals surface area contributed by atoms with Crippen molar-refractivity contribution < 1.29 is 51.6 Å². The van der Waals surface area contributed by atoms with Crippen LogP contribution in [0.4, 0.5) is 4.39 Å². The number of aliphatic carboxylic acids is 1. The number of carboxylic acids is 1. The third kappa shape index (κ3) is 8.82. The van der Waals surface area contributed by atoms with Crippen LogP contribution in [0.1, 0.15) is 0 Å². The Labute approximate surface area is 63.9 Å². The summed E-state index contributed by atoms with van der Waals surface area (Å²) in [7, 11) is 0. The maximum atomic E-state index is 10.5. The molecule has 0 bridgehead atoms. The van der Waals surface area contributed by atoms with Crippen LogP contribution in [0, 0.1) is 37.3 Å². The van der Waals surface area contributed by atoms with Crippen LogP contribution in [0.2, 0.25) is 0 Å². The van der Waals surface area contributed by atoms with Gasteiger partial charge in [0.25, 0.3) is 0 Å². The fourth-order valence-electron chi connectivity index (χ4n) is 0. The summed E-state index contributed by atoms with van der Waals surface area (Å²) in [5, 5.41) is 7.35. The third-order valence-corrected chi connectivity index (χ3v) is 0.114. The molecule has 0 radical (unpaired) electrons. The number of hydrogen-bond acceptors (Lipinski definition) is 1. The van der Waals surface area contributed by atoms with Gasteiger partial charge < -0.3 is 5.11 Å². The van der Waals surface area contributed by atoms with E-state index in [2.05, 4.69) is 0 Å². The summed E-state index contributed by atoms with van der Waals surface area (Å²) in [5.74, 6) is -1.41. The molecular formula is C2H3ErFO2. The molecule has 0 heterocycles. The summed E-state index contributed by atoms with van der Waals surface area (Å²) < 4.78 is 10.5. The normalized spacial score (nSPS) is 6.17. The minimum absolute atomic E-state index is 0. The summed E-state index contributed by atoms with van der Waals surface area (Å²) in [4.78, 5) is 8.99. The SMILES string of the molecule is O=C(O)CF.[Er]. The van der Waals surface area contributed by atoms with Crippen molar-refractivity contribution in [1.82, 2.24) is 0 Å². The van der Waals surface area contributed by atoms with Gasteiger partial charge in [-0.3, -0.25) is 0 Å². The van der Waals surface area contributed by atoms with E-state index in [0.29, 0.717) is 0 Å². The largest absolute Gasteiger partial charge is 0.479 e. The molecule has 4 heteroatoms. The predicted molar refractivity (Wildman–Crippen MR) is 13.6 cm³/mol. The Bertz CT molecular complexity index is 46.8. The molecule has 0 rings (SSSR count). The Morgan fingerprint density at radius 1 is 1.83 bits per heavy atom. The first kappa shape index (κ1) is 9.82. The average molecular weight is 245 g/mol. The first-order valence-electron chi connectivity index (χ1n) is 1.05. The molecule has 0 aromatic carbocycles. The molecule has 0 unspecified atom stereocenters. The maximum absolute atomic E-state index is 10.5. The zero-order valence-electron chi connectivity index (χ0n) is 2.73. The molecule has 0 aliphatic rings. The fraction of sp³-hybridized carbons (Fsp3) is 0.500. The molecule has 0 aliphatic carbocycles. The van der Waals surface area contributed by atoms with Gasteiger partial charge in [0.2, 0.25) is 0 Å². The second-order valence-electron chi connectivity index (χ2n) is 0.527. The Morgan fingerprint density at radius 2 is 2.00 bits per heavy atom. The Kier molecular flexibility index (Phi) is 9.24. The molecule has 0 aromatic rings. The molecule has 0 saturated heterocycles. The number of hydrogen-bond donors (Lipinski definition) is 1. The molecule has 0 atom stereocenters. The first-order chi connectivity index (χ1) is 2.27. The van der Waals surface area contributed by atoms with E-state index in [1.54, 1.807) is 0 Å².